The van der Waals surface area contributed by atoms with Gasteiger partial charge in [0.2, 0.25) is 5.91 Å². The molecule has 0 N–H and O–H groups in total. The van der Waals surface area contributed by atoms with Gasteiger partial charge in [-0.15, -0.1) is 0 Å². The molecule has 0 atom stereocenters. The van der Waals surface area contributed by atoms with E-state index in [0.29, 0.717) is 11.4 Å². The zero-order valence-electron chi connectivity index (χ0n) is 13.6. The summed E-state index contributed by atoms with van der Waals surface area (Å²) < 4.78 is 23.6. The number of aryl methyl sites for hydroxylation is 1. The Bertz CT molecular complexity index is 694. The lowest BCUT2D eigenvalue weighted by atomic mass is 10.0. The molecule has 2 heterocycles. The van der Waals surface area contributed by atoms with Crippen LogP contribution < -0.4 is 4.90 Å². The number of rotatable bonds is 3. The van der Waals surface area contributed by atoms with Crippen molar-refractivity contribution >= 4 is 21.4 Å². The summed E-state index contributed by atoms with van der Waals surface area (Å²) in [5, 5.41) is 0. The van der Waals surface area contributed by atoms with Gasteiger partial charge in [-0.05, 0) is 49.8 Å². The molecule has 1 aromatic rings. The van der Waals surface area contributed by atoms with Crippen molar-refractivity contribution in [2.45, 2.75) is 37.0 Å². The van der Waals surface area contributed by atoms with Crippen LogP contribution in [0, 0.1) is 0 Å². The van der Waals surface area contributed by atoms with Gasteiger partial charge in [0.25, 0.3) is 0 Å². The highest BCUT2D eigenvalue weighted by atomic mass is 32.2. The molecule has 23 heavy (non-hydrogen) atoms. The van der Waals surface area contributed by atoms with Crippen LogP contribution in [0.2, 0.25) is 0 Å². The lowest BCUT2D eigenvalue weighted by molar-refractivity contribution is -0.130. The summed E-state index contributed by atoms with van der Waals surface area (Å²) in [5.41, 5.74) is 2.04. The molecule has 2 aliphatic rings. The van der Waals surface area contributed by atoms with Gasteiger partial charge >= 0.3 is 0 Å². The molecule has 0 radical (unpaired) electrons. The molecule has 1 amide bonds. The fourth-order valence-corrected chi connectivity index (χ4v) is 4.07. The Morgan fingerprint density at radius 3 is 2.52 bits per heavy atom. The minimum atomic E-state index is -3.23. The summed E-state index contributed by atoms with van der Waals surface area (Å²) in [6.07, 6.45) is 6.53. The van der Waals surface area contributed by atoms with Gasteiger partial charge in [0.05, 0.1) is 11.4 Å². The monoisotopic (exact) mass is 336 g/mol. The molecule has 0 aromatic heterocycles. The Kier molecular flexibility index (Phi) is 4.62. The maximum atomic E-state index is 12.5. The molecule has 6 heteroatoms. The number of hydrogen-bond donors (Lipinski definition) is 0. The number of nitrogens with zero attached hydrogens (tertiary/aromatic N) is 2. The topological polar surface area (TPSA) is 57.7 Å². The van der Waals surface area contributed by atoms with Crippen LogP contribution in [0.5, 0.6) is 0 Å². The van der Waals surface area contributed by atoms with Crippen LogP contribution in [-0.2, 0) is 21.1 Å². The number of amides is 1. The lowest BCUT2D eigenvalue weighted by Gasteiger charge is -2.34. The van der Waals surface area contributed by atoms with E-state index in [1.54, 1.807) is 12.1 Å². The van der Waals surface area contributed by atoms with Crippen LogP contribution in [0.1, 0.15) is 31.2 Å². The molecule has 3 rings (SSSR count). The number of fused-ring (bicyclic) bond motifs is 1. The first-order chi connectivity index (χ1) is 10.9. The van der Waals surface area contributed by atoms with Gasteiger partial charge in [0, 0.05) is 31.6 Å². The normalized spacial score (nSPS) is 18.7. The molecular weight excluding hydrogens is 312 g/mol. The van der Waals surface area contributed by atoms with E-state index < -0.39 is 9.84 Å². The zero-order valence-corrected chi connectivity index (χ0v) is 14.4. The quantitative estimate of drug-likeness (QED) is 0.845. The molecule has 0 bridgehead atoms. The predicted octanol–water partition coefficient (Wildman–Crippen LogP) is 1.86. The molecule has 1 fully saturated rings. The zero-order chi connectivity index (χ0) is 16.4. The fourth-order valence-electron chi connectivity index (χ4n) is 3.43. The van der Waals surface area contributed by atoms with Crippen molar-refractivity contribution in [2.75, 3.05) is 37.3 Å². The number of hydrogen-bond acceptors (Lipinski definition) is 4. The summed E-state index contributed by atoms with van der Waals surface area (Å²) in [6.45, 7) is 2.85. The number of carbonyl (C=O) groups is 1. The first kappa shape index (κ1) is 16.3. The van der Waals surface area contributed by atoms with E-state index in [1.807, 2.05) is 15.9 Å². The molecule has 0 aliphatic carbocycles. The summed E-state index contributed by atoms with van der Waals surface area (Å²) >= 11 is 0. The Balaban J connectivity index is 1.81. The molecule has 5 nitrogen and oxygen atoms in total. The third kappa shape index (κ3) is 3.68. The van der Waals surface area contributed by atoms with Crippen LogP contribution in [0.4, 0.5) is 5.69 Å². The fraction of sp³-hybridized carbons (Fsp3) is 0.588. The summed E-state index contributed by atoms with van der Waals surface area (Å²) in [5.74, 6) is 0.155. The Morgan fingerprint density at radius 1 is 1.09 bits per heavy atom. The van der Waals surface area contributed by atoms with Crippen molar-refractivity contribution in [3.05, 3.63) is 23.8 Å². The lowest BCUT2D eigenvalue weighted by Crippen LogP contribution is -2.44. The first-order valence-electron chi connectivity index (χ1n) is 8.31. The average molecular weight is 336 g/mol. The van der Waals surface area contributed by atoms with Gasteiger partial charge in [-0.25, -0.2) is 8.42 Å². The van der Waals surface area contributed by atoms with E-state index in [1.165, 1.54) is 12.7 Å². The van der Waals surface area contributed by atoms with E-state index in [9.17, 15) is 13.2 Å². The maximum Gasteiger partial charge on any atom is 0.242 e. The number of anilines is 1. The van der Waals surface area contributed by atoms with E-state index in [2.05, 4.69) is 0 Å². The van der Waals surface area contributed by atoms with Gasteiger partial charge in [-0.3, -0.25) is 4.79 Å². The van der Waals surface area contributed by atoms with Crippen LogP contribution in [0.15, 0.2) is 23.1 Å². The van der Waals surface area contributed by atoms with Crippen LogP contribution >= 0.6 is 0 Å². The van der Waals surface area contributed by atoms with E-state index >= 15 is 0 Å². The Hall–Kier alpha value is -1.56. The molecular formula is C17H24N2O3S. The minimum absolute atomic E-state index is 0.155. The maximum absolute atomic E-state index is 12.5. The number of likely N-dealkylation sites (tertiary alicyclic amines) is 1. The minimum Gasteiger partial charge on any atom is -0.362 e. The van der Waals surface area contributed by atoms with Gasteiger partial charge in [-0.1, -0.05) is 6.07 Å². The molecule has 1 aromatic carbocycles. The summed E-state index contributed by atoms with van der Waals surface area (Å²) in [6, 6.07) is 5.29. The van der Waals surface area contributed by atoms with Gasteiger partial charge in [-0.2, -0.15) is 0 Å². The Labute approximate surface area is 138 Å². The van der Waals surface area contributed by atoms with Crippen molar-refractivity contribution < 1.29 is 13.2 Å². The van der Waals surface area contributed by atoms with E-state index in [4.69, 9.17) is 0 Å². The van der Waals surface area contributed by atoms with E-state index in [-0.39, 0.29) is 5.91 Å². The molecule has 1 saturated heterocycles. The smallest absolute Gasteiger partial charge is 0.242 e. The Morgan fingerprint density at radius 2 is 1.83 bits per heavy atom. The highest BCUT2D eigenvalue weighted by molar-refractivity contribution is 7.90. The van der Waals surface area contributed by atoms with E-state index in [0.717, 1.165) is 56.6 Å². The molecule has 0 saturated carbocycles. The number of piperidine rings is 1. The molecule has 0 spiro atoms. The van der Waals surface area contributed by atoms with Gasteiger partial charge in [0.15, 0.2) is 9.84 Å². The van der Waals surface area contributed by atoms with Gasteiger partial charge in [0.1, 0.15) is 0 Å². The van der Waals surface area contributed by atoms with Crippen molar-refractivity contribution in [3.8, 4) is 0 Å². The van der Waals surface area contributed by atoms with Crippen LogP contribution in [-0.4, -0.2) is 51.7 Å². The predicted molar refractivity (Wildman–Crippen MR) is 90.5 cm³/mol. The third-order valence-corrected chi connectivity index (χ3v) is 5.84. The highest BCUT2D eigenvalue weighted by Gasteiger charge is 2.24. The third-order valence-electron chi connectivity index (χ3n) is 4.73. The molecule has 0 unspecified atom stereocenters. The van der Waals surface area contributed by atoms with Crippen LogP contribution in [0.25, 0.3) is 0 Å². The van der Waals surface area contributed by atoms with Gasteiger partial charge < -0.3 is 9.80 Å². The standard InChI is InChI=1S/C17H24N2O3S/c1-23(21,22)15-8-7-14-6-5-11-19(16(14)12-15)13-17(20)18-9-3-2-4-10-18/h7-8,12H,2-6,9-11,13H2,1H3. The van der Waals surface area contributed by atoms with Crippen molar-refractivity contribution in [1.82, 2.24) is 4.90 Å². The summed E-state index contributed by atoms with van der Waals surface area (Å²) in [7, 11) is -3.23. The van der Waals surface area contributed by atoms with Crippen molar-refractivity contribution in [3.63, 3.8) is 0 Å². The van der Waals surface area contributed by atoms with Crippen LogP contribution in [0.3, 0.4) is 0 Å². The highest BCUT2D eigenvalue weighted by Crippen LogP contribution is 2.29. The second-order valence-electron chi connectivity index (χ2n) is 6.53. The van der Waals surface area contributed by atoms with Crippen molar-refractivity contribution in [2.24, 2.45) is 0 Å². The number of benzene rings is 1. The average Bonchev–Trinajstić information content (AvgIpc) is 2.54. The first-order valence-corrected chi connectivity index (χ1v) is 10.2. The molecule has 2 aliphatic heterocycles. The SMILES string of the molecule is CS(=O)(=O)c1ccc2c(c1)N(CC(=O)N1CCCCC1)CCC2. The number of carbonyl (C=O) groups excluding carboxylic acids is 1. The molecule has 126 valence electrons. The summed E-state index contributed by atoms with van der Waals surface area (Å²) in [4.78, 5) is 16.8. The second kappa shape index (κ2) is 6.51. The second-order valence-corrected chi connectivity index (χ2v) is 8.54. The van der Waals surface area contributed by atoms with Crippen molar-refractivity contribution in [1.29, 1.82) is 0 Å². The number of sulfone groups is 1. The largest absolute Gasteiger partial charge is 0.362 e.